The summed E-state index contributed by atoms with van der Waals surface area (Å²) in [7, 11) is -3.64. The molecule has 1 amide bonds. The van der Waals surface area contributed by atoms with Crippen molar-refractivity contribution in [3.05, 3.63) is 53.6 Å². The van der Waals surface area contributed by atoms with Gasteiger partial charge in [0.1, 0.15) is 0 Å². The van der Waals surface area contributed by atoms with Crippen molar-refractivity contribution in [3.8, 4) is 11.5 Å². The Morgan fingerprint density at radius 3 is 2.26 bits per heavy atom. The largest absolute Gasteiger partial charge is 0.490 e. The van der Waals surface area contributed by atoms with Crippen LogP contribution in [0.5, 0.6) is 11.5 Å². The normalized spacial score (nSPS) is 15.2. The maximum Gasteiger partial charge on any atom is 0.387 e. The van der Waals surface area contributed by atoms with E-state index in [1.54, 1.807) is 31.2 Å². The van der Waals surface area contributed by atoms with E-state index < -0.39 is 16.6 Å². The molecule has 3 rings (SSSR count). The molecule has 1 saturated heterocycles. The minimum absolute atomic E-state index is 0.0502. The average molecular weight is 454 g/mol. The Morgan fingerprint density at radius 2 is 1.68 bits per heavy atom. The zero-order valence-corrected chi connectivity index (χ0v) is 18.1. The number of halogens is 2. The summed E-state index contributed by atoms with van der Waals surface area (Å²) < 4.78 is 61.8. The monoisotopic (exact) mass is 454 g/mol. The van der Waals surface area contributed by atoms with Crippen LogP contribution in [0.3, 0.4) is 0 Å². The predicted molar refractivity (Wildman–Crippen MR) is 110 cm³/mol. The zero-order chi connectivity index (χ0) is 22.6. The van der Waals surface area contributed by atoms with Gasteiger partial charge < -0.3 is 14.4 Å². The van der Waals surface area contributed by atoms with Crippen molar-refractivity contribution in [2.75, 3.05) is 32.8 Å². The van der Waals surface area contributed by atoms with E-state index in [1.807, 2.05) is 6.92 Å². The topological polar surface area (TPSA) is 76.2 Å². The molecule has 1 aliphatic rings. The third-order valence-corrected chi connectivity index (χ3v) is 6.80. The number of benzene rings is 2. The smallest absolute Gasteiger partial charge is 0.387 e. The molecule has 168 valence electrons. The van der Waals surface area contributed by atoms with Gasteiger partial charge in [0.15, 0.2) is 11.5 Å². The summed E-state index contributed by atoms with van der Waals surface area (Å²) in [5, 5.41) is 0. The Balaban J connectivity index is 1.70. The first kappa shape index (κ1) is 23.0. The Kier molecular flexibility index (Phi) is 7.11. The van der Waals surface area contributed by atoms with Gasteiger partial charge in [0.25, 0.3) is 5.91 Å². The Labute approximate surface area is 180 Å². The van der Waals surface area contributed by atoms with Crippen LogP contribution in [0, 0.1) is 6.92 Å². The number of alkyl halides is 2. The second-order valence-corrected chi connectivity index (χ2v) is 8.92. The van der Waals surface area contributed by atoms with Crippen molar-refractivity contribution in [1.82, 2.24) is 9.21 Å². The van der Waals surface area contributed by atoms with Crippen molar-refractivity contribution in [1.29, 1.82) is 0 Å². The van der Waals surface area contributed by atoms with Gasteiger partial charge in [-0.15, -0.1) is 0 Å². The molecule has 1 aliphatic heterocycles. The third kappa shape index (κ3) is 5.31. The zero-order valence-electron chi connectivity index (χ0n) is 17.3. The molecule has 1 fully saturated rings. The number of sulfonamides is 1. The van der Waals surface area contributed by atoms with E-state index in [0.717, 1.165) is 5.56 Å². The van der Waals surface area contributed by atoms with Crippen LogP contribution < -0.4 is 9.47 Å². The fraction of sp³-hybridized carbons (Fsp3) is 0.381. The van der Waals surface area contributed by atoms with Crippen LogP contribution in [0.15, 0.2) is 47.4 Å². The first-order valence-corrected chi connectivity index (χ1v) is 11.2. The van der Waals surface area contributed by atoms with E-state index in [0.29, 0.717) is 0 Å². The molecule has 31 heavy (non-hydrogen) atoms. The van der Waals surface area contributed by atoms with Crippen LogP contribution in [-0.4, -0.2) is 62.9 Å². The highest BCUT2D eigenvalue weighted by Gasteiger charge is 2.30. The van der Waals surface area contributed by atoms with Gasteiger partial charge in [0.2, 0.25) is 10.0 Å². The molecule has 0 aliphatic carbocycles. The molecule has 0 saturated carbocycles. The number of ether oxygens (including phenoxy) is 2. The predicted octanol–water partition coefficient (Wildman–Crippen LogP) is 3.14. The Hall–Kier alpha value is -2.72. The average Bonchev–Trinajstić information content (AvgIpc) is 2.75. The molecule has 0 unspecified atom stereocenters. The van der Waals surface area contributed by atoms with Gasteiger partial charge in [0.05, 0.1) is 11.5 Å². The van der Waals surface area contributed by atoms with Crippen LogP contribution >= 0.6 is 0 Å². The van der Waals surface area contributed by atoms with Gasteiger partial charge in [-0.2, -0.15) is 13.1 Å². The lowest BCUT2D eigenvalue weighted by Gasteiger charge is -2.34. The van der Waals surface area contributed by atoms with E-state index >= 15 is 0 Å². The number of nitrogens with zero attached hydrogens (tertiary/aromatic N) is 2. The van der Waals surface area contributed by atoms with Crippen LogP contribution in [0.1, 0.15) is 22.8 Å². The summed E-state index contributed by atoms with van der Waals surface area (Å²) in [5.41, 5.74) is 1.21. The maximum absolute atomic E-state index is 12.9. The first-order chi connectivity index (χ1) is 14.7. The number of piperazine rings is 1. The molecule has 0 spiro atoms. The quantitative estimate of drug-likeness (QED) is 0.643. The number of carbonyl (C=O) groups excluding carboxylic acids is 1. The molecule has 0 radical (unpaired) electrons. The van der Waals surface area contributed by atoms with Crippen molar-refractivity contribution in [2.45, 2.75) is 25.4 Å². The van der Waals surface area contributed by atoms with E-state index in [2.05, 4.69) is 4.74 Å². The van der Waals surface area contributed by atoms with E-state index in [-0.39, 0.29) is 60.7 Å². The van der Waals surface area contributed by atoms with Gasteiger partial charge in [-0.05, 0) is 44.2 Å². The molecule has 2 aromatic carbocycles. The molecule has 1 heterocycles. The Bertz CT molecular complexity index is 1020. The van der Waals surface area contributed by atoms with Crippen LogP contribution in [0.2, 0.25) is 0 Å². The summed E-state index contributed by atoms with van der Waals surface area (Å²) in [5.74, 6) is -0.437. The number of hydrogen-bond donors (Lipinski definition) is 0. The van der Waals surface area contributed by atoms with Gasteiger partial charge in [-0.3, -0.25) is 4.79 Å². The van der Waals surface area contributed by atoms with E-state index in [4.69, 9.17) is 4.74 Å². The molecular formula is C21H24F2N2O5S. The fourth-order valence-electron chi connectivity index (χ4n) is 3.28. The minimum Gasteiger partial charge on any atom is -0.490 e. The number of hydrogen-bond acceptors (Lipinski definition) is 5. The standard InChI is InChI=1S/C21H24F2N2O5S/c1-3-29-19-14-16(6-9-18(19)30-21(22)23)20(26)24-10-12-25(13-11-24)31(27,28)17-7-4-15(2)5-8-17/h4-9,14,21H,3,10-13H2,1-2H3. The minimum atomic E-state index is -3.64. The summed E-state index contributed by atoms with van der Waals surface area (Å²) >= 11 is 0. The van der Waals surface area contributed by atoms with Crippen LogP contribution in [-0.2, 0) is 10.0 Å². The molecule has 0 atom stereocenters. The van der Waals surface area contributed by atoms with E-state index in [1.165, 1.54) is 27.4 Å². The number of amides is 1. The summed E-state index contributed by atoms with van der Waals surface area (Å²) in [6.45, 7) is 1.52. The molecule has 0 N–H and O–H groups in total. The van der Waals surface area contributed by atoms with Gasteiger partial charge in [-0.1, -0.05) is 17.7 Å². The lowest BCUT2D eigenvalue weighted by molar-refractivity contribution is -0.0514. The highest BCUT2D eigenvalue weighted by Crippen LogP contribution is 2.30. The van der Waals surface area contributed by atoms with Crippen molar-refractivity contribution in [2.24, 2.45) is 0 Å². The van der Waals surface area contributed by atoms with Gasteiger partial charge in [-0.25, -0.2) is 8.42 Å². The second-order valence-electron chi connectivity index (χ2n) is 6.98. The van der Waals surface area contributed by atoms with Crippen LogP contribution in [0.25, 0.3) is 0 Å². The molecule has 0 bridgehead atoms. The molecule has 0 aromatic heterocycles. The molecular weight excluding hydrogens is 430 g/mol. The number of aryl methyl sites for hydroxylation is 1. The maximum atomic E-state index is 12.9. The SMILES string of the molecule is CCOc1cc(C(=O)N2CCN(S(=O)(=O)c3ccc(C)cc3)CC2)ccc1OC(F)F. The summed E-state index contributed by atoms with van der Waals surface area (Å²) in [6.07, 6.45) is 0. The van der Waals surface area contributed by atoms with Crippen molar-refractivity contribution < 1.29 is 31.5 Å². The summed E-state index contributed by atoms with van der Waals surface area (Å²) in [6, 6.07) is 10.6. The van der Waals surface area contributed by atoms with Gasteiger partial charge >= 0.3 is 6.61 Å². The first-order valence-electron chi connectivity index (χ1n) is 9.80. The molecule has 10 heteroatoms. The Morgan fingerprint density at radius 1 is 1.03 bits per heavy atom. The van der Waals surface area contributed by atoms with Gasteiger partial charge in [0, 0.05) is 31.7 Å². The van der Waals surface area contributed by atoms with Crippen molar-refractivity contribution in [3.63, 3.8) is 0 Å². The number of rotatable bonds is 7. The molecule has 7 nitrogen and oxygen atoms in total. The van der Waals surface area contributed by atoms with Crippen molar-refractivity contribution >= 4 is 15.9 Å². The highest BCUT2D eigenvalue weighted by atomic mass is 32.2. The van der Waals surface area contributed by atoms with Crippen LogP contribution in [0.4, 0.5) is 8.78 Å². The fourth-order valence-corrected chi connectivity index (χ4v) is 4.70. The lowest BCUT2D eigenvalue weighted by Crippen LogP contribution is -2.50. The third-order valence-electron chi connectivity index (χ3n) is 4.89. The molecule has 2 aromatic rings. The lowest BCUT2D eigenvalue weighted by atomic mass is 10.1. The van der Waals surface area contributed by atoms with E-state index in [9.17, 15) is 22.0 Å². The number of carbonyl (C=O) groups is 1. The second kappa shape index (κ2) is 9.61. The highest BCUT2D eigenvalue weighted by molar-refractivity contribution is 7.89. The summed E-state index contributed by atoms with van der Waals surface area (Å²) in [4.78, 5) is 14.6.